The Morgan fingerprint density at radius 1 is 1.42 bits per heavy atom. The van der Waals surface area contributed by atoms with E-state index in [0.717, 1.165) is 55.8 Å². The Kier molecular flexibility index (Phi) is 4.58. The van der Waals surface area contributed by atoms with E-state index in [4.69, 9.17) is 0 Å². The van der Waals surface area contributed by atoms with E-state index < -0.39 is 0 Å². The zero-order valence-electron chi connectivity index (χ0n) is 12.1. The number of aromatic nitrogens is 2. The third kappa shape index (κ3) is 3.15. The molecule has 2 N–H and O–H groups in total. The van der Waals surface area contributed by atoms with Gasteiger partial charge in [0, 0.05) is 18.3 Å². The lowest BCUT2D eigenvalue weighted by Crippen LogP contribution is -2.43. The van der Waals surface area contributed by atoms with Gasteiger partial charge in [-0.1, -0.05) is 6.92 Å². The Morgan fingerprint density at radius 3 is 2.74 bits per heavy atom. The maximum absolute atomic E-state index is 12.4. The van der Waals surface area contributed by atoms with Crippen molar-refractivity contribution < 1.29 is 4.79 Å². The van der Waals surface area contributed by atoms with Crippen LogP contribution in [0.1, 0.15) is 47.9 Å². The summed E-state index contributed by atoms with van der Waals surface area (Å²) in [6.07, 6.45) is 3.04. The number of nitrogens with one attached hydrogen (secondary N) is 2. The number of carbonyl (C=O) groups excluding carboxylic acids is 1. The highest BCUT2D eigenvalue weighted by Crippen LogP contribution is 2.14. The van der Waals surface area contributed by atoms with Gasteiger partial charge in [0.1, 0.15) is 0 Å². The van der Waals surface area contributed by atoms with E-state index in [1.807, 2.05) is 18.5 Å². The van der Waals surface area contributed by atoms with Gasteiger partial charge in [0.05, 0.1) is 11.3 Å². The van der Waals surface area contributed by atoms with E-state index in [9.17, 15) is 4.79 Å². The molecule has 1 amide bonds. The van der Waals surface area contributed by atoms with Gasteiger partial charge in [0.15, 0.2) is 0 Å². The van der Waals surface area contributed by atoms with Gasteiger partial charge in [-0.3, -0.25) is 9.48 Å². The monoisotopic (exact) mass is 264 g/mol. The molecule has 0 spiro atoms. The molecular weight excluding hydrogens is 240 g/mol. The van der Waals surface area contributed by atoms with Crippen molar-refractivity contribution in [3.63, 3.8) is 0 Å². The van der Waals surface area contributed by atoms with Crippen LogP contribution in [0.25, 0.3) is 0 Å². The molecule has 0 saturated carbocycles. The van der Waals surface area contributed by atoms with Crippen LogP contribution < -0.4 is 10.6 Å². The van der Waals surface area contributed by atoms with Crippen molar-refractivity contribution in [3.8, 4) is 0 Å². The third-order valence-corrected chi connectivity index (χ3v) is 3.72. The second kappa shape index (κ2) is 6.19. The van der Waals surface area contributed by atoms with Crippen molar-refractivity contribution in [2.24, 2.45) is 0 Å². The number of nitrogens with zero attached hydrogens (tertiary/aromatic N) is 2. The molecule has 1 saturated heterocycles. The molecule has 1 aliphatic heterocycles. The van der Waals surface area contributed by atoms with E-state index in [1.165, 1.54) is 0 Å². The average molecular weight is 264 g/mol. The molecule has 2 rings (SSSR count). The number of aryl methyl sites for hydroxylation is 2. The van der Waals surface area contributed by atoms with Gasteiger partial charge >= 0.3 is 0 Å². The highest BCUT2D eigenvalue weighted by Gasteiger charge is 2.21. The van der Waals surface area contributed by atoms with Crippen molar-refractivity contribution in [2.45, 2.75) is 52.6 Å². The predicted molar refractivity (Wildman–Crippen MR) is 75.3 cm³/mol. The lowest BCUT2D eigenvalue weighted by atomic mass is 10.1. The molecule has 0 bridgehead atoms. The Morgan fingerprint density at radius 2 is 2.11 bits per heavy atom. The Hall–Kier alpha value is -1.36. The van der Waals surface area contributed by atoms with E-state index in [-0.39, 0.29) is 5.91 Å². The summed E-state index contributed by atoms with van der Waals surface area (Å²) < 4.78 is 1.94. The first-order valence-electron chi connectivity index (χ1n) is 7.19. The van der Waals surface area contributed by atoms with Gasteiger partial charge in [-0.2, -0.15) is 5.10 Å². The minimum absolute atomic E-state index is 0.0317. The second-order valence-corrected chi connectivity index (χ2v) is 5.27. The summed E-state index contributed by atoms with van der Waals surface area (Å²) in [6, 6.07) is 0.294. The van der Waals surface area contributed by atoms with Crippen molar-refractivity contribution in [2.75, 3.05) is 13.1 Å². The summed E-state index contributed by atoms with van der Waals surface area (Å²) in [5, 5.41) is 10.9. The fraction of sp³-hybridized carbons (Fsp3) is 0.714. The van der Waals surface area contributed by atoms with E-state index in [0.29, 0.717) is 6.04 Å². The maximum atomic E-state index is 12.4. The quantitative estimate of drug-likeness (QED) is 0.864. The van der Waals surface area contributed by atoms with E-state index in [2.05, 4.69) is 22.7 Å². The summed E-state index contributed by atoms with van der Waals surface area (Å²) in [4.78, 5) is 12.4. The minimum atomic E-state index is 0.0317. The predicted octanol–water partition coefficient (Wildman–Crippen LogP) is 1.39. The molecule has 0 aromatic carbocycles. The van der Waals surface area contributed by atoms with Crippen LogP contribution in [0.15, 0.2) is 0 Å². The average Bonchev–Trinajstić information content (AvgIpc) is 2.66. The molecule has 2 heterocycles. The molecule has 0 aliphatic carbocycles. The first-order valence-corrected chi connectivity index (χ1v) is 7.19. The SMILES string of the molecule is CCCn1nc(C)c(C(=O)NC2CCNCC2)c1C. The molecule has 5 heteroatoms. The van der Waals surface area contributed by atoms with Gasteiger partial charge < -0.3 is 10.6 Å². The van der Waals surface area contributed by atoms with Crippen LogP contribution in [0.5, 0.6) is 0 Å². The molecule has 1 aromatic rings. The minimum Gasteiger partial charge on any atom is -0.349 e. The van der Waals surface area contributed by atoms with Crippen LogP contribution in [-0.2, 0) is 6.54 Å². The first kappa shape index (κ1) is 14.1. The van der Waals surface area contributed by atoms with Crippen LogP contribution in [0.4, 0.5) is 0 Å². The summed E-state index contributed by atoms with van der Waals surface area (Å²) in [5.41, 5.74) is 2.56. The molecule has 106 valence electrons. The molecular formula is C14H24N4O. The van der Waals surface area contributed by atoms with Crippen LogP contribution in [0.2, 0.25) is 0 Å². The van der Waals surface area contributed by atoms with Crippen LogP contribution in [0.3, 0.4) is 0 Å². The molecule has 0 unspecified atom stereocenters. The lowest BCUT2D eigenvalue weighted by Gasteiger charge is -2.23. The first-order chi connectivity index (χ1) is 9.13. The van der Waals surface area contributed by atoms with E-state index >= 15 is 0 Å². The Balaban J connectivity index is 2.09. The van der Waals surface area contributed by atoms with Crippen LogP contribution in [-0.4, -0.2) is 34.8 Å². The normalized spacial score (nSPS) is 16.6. The molecule has 0 atom stereocenters. The number of rotatable bonds is 4. The van der Waals surface area contributed by atoms with Gasteiger partial charge in [0.2, 0.25) is 0 Å². The van der Waals surface area contributed by atoms with Crippen molar-refractivity contribution in [1.29, 1.82) is 0 Å². The van der Waals surface area contributed by atoms with Crippen molar-refractivity contribution >= 4 is 5.91 Å². The smallest absolute Gasteiger partial charge is 0.255 e. The van der Waals surface area contributed by atoms with Crippen molar-refractivity contribution in [3.05, 3.63) is 17.0 Å². The number of hydrogen-bond donors (Lipinski definition) is 2. The fourth-order valence-electron chi connectivity index (χ4n) is 2.68. The third-order valence-electron chi connectivity index (χ3n) is 3.72. The molecule has 1 fully saturated rings. The van der Waals surface area contributed by atoms with Gasteiger partial charge in [-0.25, -0.2) is 0 Å². The van der Waals surface area contributed by atoms with Crippen molar-refractivity contribution in [1.82, 2.24) is 20.4 Å². The number of carbonyl (C=O) groups is 1. The number of amides is 1. The van der Waals surface area contributed by atoms with Gasteiger partial charge in [-0.05, 0) is 46.2 Å². The number of hydrogen-bond acceptors (Lipinski definition) is 3. The fourth-order valence-corrected chi connectivity index (χ4v) is 2.68. The second-order valence-electron chi connectivity index (χ2n) is 5.27. The number of piperidine rings is 1. The highest BCUT2D eigenvalue weighted by molar-refractivity contribution is 5.96. The zero-order valence-corrected chi connectivity index (χ0v) is 12.1. The molecule has 1 aromatic heterocycles. The molecule has 5 nitrogen and oxygen atoms in total. The Bertz CT molecular complexity index is 447. The molecule has 1 aliphatic rings. The Labute approximate surface area is 114 Å². The summed E-state index contributed by atoms with van der Waals surface area (Å²) in [7, 11) is 0. The van der Waals surface area contributed by atoms with Gasteiger partial charge in [-0.15, -0.1) is 0 Å². The van der Waals surface area contributed by atoms with Crippen LogP contribution >= 0.6 is 0 Å². The molecule has 19 heavy (non-hydrogen) atoms. The summed E-state index contributed by atoms with van der Waals surface area (Å²) in [5.74, 6) is 0.0317. The lowest BCUT2D eigenvalue weighted by molar-refractivity contribution is 0.0928. The maximum Gasteiger partial charge on any atom is 0.255 e. The topological polar surface area (TPSA) is 59.0 Å². The highest BCUT2D eigenvalue weighted by atomic mass is 16.1. The molecule has 0 radical (unpaired) electrons. The largest absolute Gasteiger partial charge is 0.349 e. The zero-order chi connectivity index (χ0) is 13.8. The standard InChI is InChI=1S/C14H24N4O/c1-4-9-18-11(3)13(10(2)17-18)14(19)16-12-5-7-15-8-6-12/h12,15H,4-9H2,1-3H3,(H,16,19). The van der Waals surface area contributed by atoms with Crippen LogP contribution in [0, 0.1) is 13.8 Å². The summed E-state index contributed by atoms with van der Waals surface area (Å²) in [6.45, 7) is 8.85. The van der Waals surface area contributed by atoms with E-state index in [1.54, 1.807) is 0 Å². The van der Waals surface area contributed by atoms with Gasteiger partial charge in [0.25, 0.3) is 5.91 Å². The summed E-state index contributed by atoms with van der Waals surface area (Å²) >= 11 is 0.